The number of aliphatic carboxylic acids is 1. The second kappa shape index (κ2) is 8.28. The Hall–Kier alpha value is -3.11. The van der Waals surface area contributed by atoms with Crippen LogP contribution in [0, 0.1) is 10.1 Å². The molecule has 0 spiro atoms. The SMILES string of the molecule is CCn1c(S/C(=C\c2ccc([N+](=O)[O-])o2)C(=O)O)nnc1-c1ccc(Cl)cc1. The molecule has 3 aromatic rings. The van der Waals surface area contributed by atoms with Crippen LogP contribution in [0.15, 0.2) is 50.9 Å². The van der Waals surface area contributed by atoms with Crippen molar-refractivity contribution in [2.24, 2.45) is 0 Å². The minimum Gasteiger partial charge on any atom is -0.477 e. The number of carbonyl (C=O) groups is 1. The number of benzene rings is 1. The Balaban J connectivity index is 1.93. The van der Waals surface area contributed by atoms with Gasteiger partial charge in [-0.1, -0.05) is 11.6 Å². The molecule has 0 radical (unpaired) electrons. The number of hydrogen-bond acceptors (Lipinski definition) is 7. The van der Waals surface area contributed by atoms with E-state index >= 15 is 0 Å². The van der Waals surface area contributed by atoms with Gasteiger partial charge in [0.05, 0.1) is 6.07 Å². The topological polar surface area (TPSA) is 124 Å². The maximum Gasteiger partial charge on any atom is 0.433 e. The van der Waals surface area contributed by atoms with Gasteiger partial charge in [0.1, 0.15) is 15.6 Å². The molecule has 28 heavy (non-hydrogen) atoms. The maximum atomic E-state index is 11.6. The van der Waals surface area contributed by atoms with Crippen molar-refractivity contribution in [2.75, 3.05) is 0 Å². The van der Waals surface area contributed by atoms with Crippen molar-refractivity contribution >= 4 is 41.3 Å². The predicted molar refractivity (Wildman–Crippen MR) is 103 cm³/mol. The average molecular weight is 421 g/mol. The number of carboxylic acids is 1. The second-order valence-corrected chi connectivity index (χ2v) is 6.85. The zero-order valence-corrected chi connectivity index (χ0v) is 16.0. The number of furan rings is 1. The molecule has 0 saturated heterocycles. The average Bonchev–Trinajstić information content (AvgIpc) is 3.28. The van der Waals surface area contributed by atoms with Crippen molar-refractivity contribution < 1.29 is 19.2 Å². The zero-order valence-electron chi connectivity index (χ0n) is 14.4. The van der Waals surface area contributed by atoms with Gasteiger partial charge >= 0.3 is 11.9 Å². The van der Waals surface area contributed by atoms with Crippen LogP contribution < -0.4 is 0 Å². The molecule has 0 saturated carbocycles. The van der Waals surface area contributed by atoms with Crippen LogP contribution in [0.4, 0.5) is 5.88 Å². The first-order valence-electron chi connectivity index (χ1n) is 7.95. The van der Waals surface area contributed by atoms with Crippen LogP contribution in [-0.4, -0.2) is 30.8 Å². The first kappa shape index (κ1) is 19.6. The third kappa shape index (κ3) is 4.24. The quantitative estimate of drug-likeness (QED) is 0.259. The van der Waals surface area contributed by atoms with E-state index in [2.05, 4.69) is 10.2 Å². The molecule has 2 aromatic heterocycles. The molecular weight excluding hydrogens is 408 g/mol. The van der Waals surface area contributed by atoms with Crippen molar-refractivity contribution in [3.8, 4) is 11.4 Å². The summed E-state index contributed by atoms with van der Waals surface area (Å²) in [5.41, 5.74) is 0.785. The molecule has 144 valence electrons. The van der Waals surface area contributed by atoms with Crippen molar-refractivity contribution in [3.05, 3.63) is 62.2 Å². The van der Waals surface area contributed by atoms with Gasteiger partial charge in [-0.3, -0.25) is 10.1 Å². The molecule has 0 aliphatic heterocycles. The molecule has 0 fully saturated rings. The van der Waals surface area contributed by atoms with E-state index in [-0.39, 0.29) is 10.7 Å². The lowest BCUT2D eigenvalue weighted by atomic mass is 10.2. The Bertz CT molecular complexity index is 1060. The number of aromatic nitrogens is 3. The van der Waals surface area contributed by atoms with Crippen LogP contribution in [0.1, 0.15) is 12.7 Å². The molecule has 1 aromatic carbocycles. The van der Waals surface area contributed by atoms with Crippen molar-refractivity contribution in [2.45, 2.75) is 18.6 Å². The van der Waals surface area contributed by atoms with Crippen molar-refractivity contribution in [3.63, 3.8) is 0 Å². The van der Waals surface area contributed by atoms with E-state index in [0.29, 0.717) is 22.5 Å². The lowest BCUT2D eigenvalue weighted by Gasteiger charge is -2.07. The van der Waals surface area contributed by atoms with Crippen molar-refractivity contribution in [1.82, 2.24) is 14.8 Å². The van der Waals surface area contributed by atoms with Crippen LogP contribution >= 0.6 is 23.4 Å². The largest absolute Gasteiger partial charge is 0.477 e. The molecule has 0 aliphatic carbocycles. The van der Waals surface area contributed by atoms with Gasteiger partial charge in [-0.25, -0.2) is 4.79 Å². The van der Waals surface area contributed by atoms with Gasteiger partial charge in [0.2, 0.25) is 0 Å². The summed E-state index contributed by atoms with van der Waals surface area (Å²) in [6, 6.07) is 9.52. The molecule has 0 atom stereocenters. The van der Waals surface area contributed by atoms with Gasteiger partial charge in [0.15, 0.2) is 11.0 Å². The molecule has 11 heteroatoms. The van der Waals surface area contributed by atoms with E-state index in [4.69, 9.17) is 16.0 Å². The lowest BCUT2D eigenvalue weighted by Crippen LogP contribution is -2.02. The molecule has 3 rings (SSSR count). The molecule has 9 nitrogen and oxygen atoms in total. The first-order valence-corrected chi connectivity index (χ1v) is 9.14. The van der Waals surface area contributed by atoms with E-state index in [1.54, 1.807) is 28.8 Å². The summed E-state index contributed by atoms with van der Waals surface area (Å²) in [4.78, 5) is 21.5. The number of thioether (sulfide) groups is 1. The number of rotatable bonds is 7. The standard InChI is InChI=1S/C17H13ClN4O5S/c1-2-21-15(10-3-5-11(18)6-4-10)19-20-17(21)28-13(16(23)24)9-12-7-8-14(27-12)22(25)26/h3-9H,2H2,1H3,(H,23,24)/b13-9-. The number of halogens is 1. The number of carboxylic acid groups (broad SMARTS) is 1. The van der Waals surface area contributed by atoms with Gasteiger partial charge in [0.25, 0.3) is 0 Å². The summed E-state index contributed by atoms with van der Waals surface area (Å²) in [5.74, 6) is -1.07. The summed E-state index contributed by atoms with van der Waals surface area (Å²) >= 11 is 6.78. The van der Waals surface area contributed by atoms with E-state index in [0.717, 1.165) is 23.4 Å². The van der Waals surface area contributed by atoms with Gasteiger partial charge in [0, 0.05) is 23.2 Å². The predicted octanol–water partition coefficient (Wildman–Crippen LogP) is 4.34. The zero-order chi connectivity index (χ0) is 20.3. The van der Waals surface area contributed by atoms with Crippen LogP contribution in [0.3, 0.4) is 0 Å². The van der Waals surface area contributed by atoms with Crippen LogP contribution in [0.5, 0.6) is 0 Å². The van der Waals surface area contributed by atoms with Crippen LogP contribution in [0.2, 0.25) is 5.02 Å². The molecule has 1 N–H and O–H groups in total. The van der Waals surface area contributed by atoms with E-state index in [1.165, 1.54) is 12.1 Å². The van der Waals surface area contributed by atoms with Crippen molar-refractivity contribution in [1.29, 1.82) is 0 Å². The highest BCUT2D eigenvalue weighted by Crippen LogP contribution is 2.31. The summed E-state index contributed by atoms with van der Waals surface area (Å²) in [6.07, 6.45) is 1.21. The Morgan fingerprint density at radius 3 is 2.61 bits per heavy atom. The summed E-state index contributed by atoms with van der Waals surface area (Å²) in [5, 5.41) is 29.4. The van der Waals surface area contributed by atoms with Crippen LogP contribution in [-0.2, 0) is 11.3 Å². The number of nitro groups is 1. The van der Waals surface area contributed by atoms with E-state index < -0.39 is 16.8 Å². The minimum atomic E-state index is -1.22. The van der Waals surface area contributed by atoms with Crippen LogP contribution in [0.25, 0.3) is 17.5 Å². The normalized spacial score (nSPS) is 11.6. The summed E-state index contributed by atoms with van der Waals surface area (Å²) in [7, 11) is 0. The summed E-state index contributed by atoms with van der Waals surface area (Å²) < 4.78 is 6.76. The molecular formula is C17H13ClN4O5S. The lowest BCUT2D eigenvalue weighted by molar-refractivity contribution is -0.402. The van der Waals surface area contributed by atoms with Gasteiger partial charge < -0.3 is 14.1 Å². The fourth-order valence-electron chi connectivity index (χ4n) is 2.34. The highest BCUT2D eigenvalue weighted by atomic mass is 35.5. The number of hydrogen-bond donors (Lipinski definition) is 1. The molecule has 0 bridgehead atoms. The Morgan fingerprint density at radius 2 is 2.04 bits per heavy atom. The smallest absolute Gasteiger partial charge is 0.433 e. The number of nitrogens with zero attached hydrogens (tertiary/aromatic N) is 4. The summed E-state index contributed by atoms with van der Waals surface area (Å²) in [6.45, 7) is 2.39. The maximum absolute atomic E-state index is 11.6. The highest BCUT2D eigenvalue weighted by Gasteiger charge is 2.19. The minimum absolute atomic E-state index is 0.0529. The van der Waals surface area contributed by atoms with E-state index in [1.807, 2.05) is 6.92 Å². The highest BCUT2D eigenvalue weighted by molar-refractivity contribution is 8.04. The molecule has 0 amide bonds. The third-order valence-corrected chi connectivity index (χ3v) is 4.86. The third-order valence-electron chi connectivity index (χ3n) is 3.61. The monoisotopic (exact) mass is 420 g/mol. The van der Waals surface area contributed by atoms with E-state index in [9.17, 15) is 20.0 Å². The van der Waals surface area contributed by atoms with Gasteiger partial charge in [-0.2, -0.15) is 0 Å². The Labute approximate surface area is 167 Å². The van der Waals surface area contributed by atoms with Gasteiger partial charge in [-0.05, 0) is 49.0 Å². The fraction of sp³-hybridized carbons (Fsp3) is 0.118. The first-order chi connectivity index (χ1) is 13.4. The molecule has 2 heterocycles. The fourth-order valence-corrected chi connectivity index (χ4v) is 3.33. The molecule has 0 aliphatic rings. The molecule has 0 unspecified atom stereocenters. The van der Waals surface area contributed by atoms with Gasteiger partial charge in [-0.15, -0.1) is 10.2 Å². The Morgan fingerprint density at radius 1 is 1.32 bits per heavy atom. The second-order valence-electron chi connectivity index (χ2n) is 5.41. The Kier molecular flexibility index (Phi) is 5.81.